The first-order chi connectivity index (χ1) is 13.9. The molecule has 5 nitrogen and oxygen atoms in total. The molecule has 0 bridgehead atoms. The molecule has 0 aliphatic heterocycles. The van der Waals surface area contributed by atoms with Crippen molar-refractivity contribution in [2.24, 2.45) is 10.4 Å². The summed E-state index contributed by atoms with van der Waals surface area (Å²) >= 11 is 0. The minimum Gasteiger partial charge on any atom is -0.465 e. The van der Waals surface area contributed by atoms with Crippen molar-refractivity contribution in [2.45, 2.75) is 33.6 Å². The van der Waals surface area contributed by atoms with Crippen molar-refractivity contribution in [3.63, 3.8) is 0 Å². The maximum atomic E-state index is 11.6. The zero-order chi connectivity index (χ0) is 20.7. The molecule has 0 heterocycles. The van der Waals surface area contributed by atoms with Crippen molar-refractivity contribution < 1.29 is 9.53 Å². The molecule has 1 aliphatic rings. The van der Waals surface area contributed by atoms with Gasteiger partial charge in [-0.2, -0.15) is 0 Å². The van der Waals surface area contributed by atoms with Crippen LogP contribution in [0.3, 0.4) is 0 Å². The highest BCUT2D eigenvalue weighted by atomic mass is 16.5. The lowest BCUT2D eigenvalue weighted by Gasteiger charge is -2.31. The number of ether oxygens (including phenoxy) is 1. The number of hydrogen-bond donors (Lipinski definition) is 2. The van der Waals surface area contributed by atoms with Crippen molar-refractivity contribution in [3.8, 4) is 0 Å². The van der Waals surface area contributed by atoms with E-state index in [0.29, 0.717) is 6.61 Å². The van der Waals surface area contributed by atoms with Crippen LogP contribution in [0.4, 0.5) is 17.1 Å². The van der Waals surface area contributed by atoms with Crippen molar-refractivity contribution in [2.75, 3.05) is 18.5 Å². The van der Waals surface area contributed by atoms with Crippen LogP contribution < -0.4 is 10.6 Å². The summed E-state index contributed by atoms with van der Waals surface area (Å²) < 4.78 is 5.00. The van der Waals surface area contributed by atoms with Crippen LogP contribution >= 0.6 is 0 Å². The van der Waals surface area contributed by atoms with Gasteiger partial charge < -0.3 is 15.4 Å². The number of para-hydroxylation sites is 1. The highest BCUT2D eigenvalue weighted by Gasteiger charge is 2.26. The number of esters is 1. The Balaban J connectivity index is 1.70. The normalized spacial score (nSPS) is 16.8. The number of rotatable bonds is 7. The second-order valence-electron chi connectivity index (χ2n) is 7.99. The van der Waals surface area contributed by atoms with Crippen LogP contribution in [-0.4, -0.2) is 24.8 Å². The number of carbonyl (C=O) groups excluding carboxylic acids is 1. The smallest absolute Gasteiger partial charge is 0.325 e. The van der Waals surface area contributed by atoms with Gasteiger partial charge >= 0.3 is 5.97 Å². The van der Waals surface area contributed by atoms with Gasteiger partial charge in [0.25, 0.3) is 0 Å². The predicted molar refractivity (Wildman–Crippen MR) is 119 cm³/mol. The van der Waals surface area contributed by atoms with E-state index in [0.717, 1.165) is 41.3 Å². The summed E-state index contributed by atoms with van der Waals surface area (Å²) in [4.78, 5) is 16.5. The number of aliphatic imine (C=N–C) groups is 1. The first kappa shape index (κ1) is 20.6. The number of benzene rings is 2. The van der Waals surface area contributed by atoms with Crippen LogP contribution in [0.15, 0.2) is 71.4 Å². The van der Waals surface area contributed by atoms with Crippen molar-refractivity contribution in [1.82, 2.24) is 5.32 Å². The molecule has 0 saturated carbocycles. The van der Waals surface area contributed by atoms with Gasteiger partial charge in [0.1, 0.15) is 6.54 Å². The Labute approximate surface area is 172 Å². The molecule has 0 fully saturated rings. The molecule has 0 spiro atoms. The number of anilines is 2. The topological polar surface area (TPSA) is 62.7 Å². The molecular weight excluding hydrogens is 362 g/mol. The van der Waals surface area contributed by atoms with Gasteiger partial charge in [-0.3, -0.25) is 9.79 Å². The summed E-state index contributed by atoms with van der Waals surface area (Å²) in [5.41, 5.74) is 5.11. The maximum absolute atomic E-state index is 11.6. The largest absolute Gasteiger partial charge is 0.465 e. The van der Waals surface area contributed by atoms with Crippen LogP contribution in [0.5, 0.6) is 0 Å². The molecule has 0 saturated heterocycles. The summed E-state index contributed by atoms with van der Waals surface area (Å²) in [6.45, 7) is 6.82. The zero-order valence-corrected chi connectivity index (χ0v) is 17.4. The van der Waals surface area contributed by atoms with Crippen LogP contribution in [-0.2, 0) is 9.53 Å². The fraction of sp³-hybridized carbons (Fsp3) is 0.333. The summed E-state index contributed by atoms with van der Waals surface area (Å²) in [6.07, 6.45) is 3.83. The van der Waals surface area contributed by atoms with E-state index in [1.54, 1.807) is 0 Å². The quantitative estimate of drug-likeness (QED) is 0.624. The summed E-state index contributed by atoms with van der Waals surface area (Å²) in [5, 5.41) is 6.59. The molecule has 5 heteroatoms. The zero-order valence-electron chi connectivity index (χ0n) is 17.4. The van der Waals surface area contributed by atoms with E-state index < -0.39 is 0 Å². The van der Waals surface area contributed by atoms with Gasteiger partial charge in [-0.1, -0.05) is 32.0 Å². The minimum atomic E-state index is -0.239. The lowest BCUT2D eigenvalue weighted by Crippen LogP contribution is -2.31. The molecule has 0 atom stereocenters. The van der Waals surface area contributed by atoms with E-state index in [-0.39, 0.29) is 17.9 Å². The van der Waals surface area contributed by atoms with Crippen LogP contribution in [0, 0.1) is 5.41 Å². The van der Waals surface area contributed by atoms with Crippen LogP contribution in [0.2, 0.25) is 0 Å². The molecule has 2 N–H and O–H groups in total. The Morgan fingerprint density at radius 2 is 1.72 bits per heavy atom. The van der Waals surface area contributed by atoms with E-state index in [4.69, 9.17) is 9.73 Å². The highest BCUT2D eigenvalue weighted by Crippen LogP contribution is 2.34. The lowest BCUT2D eigenvalue weighted by atomic mass is 9.78. The van der Waals surface area contributed by atoms with Gasteiger partial charge in [-0.15, -0.1) is 0 Å². The van der Waals surface area contributed by atoms with E-state index in [1.165, 1.54) is 0 Å². The van der Waals surface area contributed by atoms with Gasteiger partial charge in [0, 0.05) is 22.8 Å². The minimum absolute atomic E-state index is 0.0827. The Morgan fingerprint density at radius 3 is 2.41 bits per heavy atom. The number of carbonyl (C=O) groups is 1. The average Bonchev–Trinajstić information content (AvgIpc) is 2.68. The Kier molecular flexibility index (Phi) is 6.70. The number of hydrogen-bond acceptors (Lipinski definition) is 5. The third kappa shape index (κ3) is 6.49. The Hall–Kier alpha value is -3.08. The van der Waals surface area contributed by atoms with Gasteiger partial charge in [-0.05, 0) is 67.7 Å². The van der Waals surface area contributed by atoms with E-state index in [2.05, 4.69) is 30.6 Å². The Bertz CT molecular complexity index is 884. The van der Waals surface area contributed by atoms with E-state index in [1.807, 2.05) is 61.5 Å². The Morgan fingerprint density at radius 1 is 1.03 bits per heavy atom. The molecular formula is C24H29N3O2. The van der Waals surface area contributed by atoms with Crippen molar-refractivity contribution in [3.05, 3.63) is 66.4 Å². The second kappa shape index (κ2) is 9.41. The van der Waals surface area contributed by atoms with Gasteiger partial charge in [0.2, 0.25) is 0 Å². The first-order valence-corrected chi connectivity index (χ1v) is 10.0. The number of allylic oxidation sites excluding steroid dienone is 2. The number of nitrogens with zero attached hydrogens (tertiary/aromatic N) is 1. The van der Waals surface area contributed by atoms with Gasteiger partial charge in [0.15, 0.2) is 0 Å². The first-order valence-electron chi connectivity index (χ1n) is 10.0. The van der Waals surface area contributed by atoms with Crippen LogP contribution in [0.25, 0.3) is 0 Å². The molecule has 0 aromatic heterocycles. The third-order valence-corrected chi connectivity index (χ3v) is 4.64. The molecule has 2 aromatic rings. The molecule has 0 unspecified atom stereocenters. The average molecular weight is 392 g/mol. The molecule has 1 aliphatic carbocycles. The molecule has 3 rings (SSSR count). The SMILES string of the molecule is CCOC(=O)CNC1=C/C(=N/c2ccc(Nc3ccccc3)cc2)CC(C)(C)C1. The fourth-order valence-corrected chi connectivity index (χ4v) is 3.43. The molecule has 0 radical (unpaired) electrons. The van der Waals surface area contributed by atoms with Crippen LogP contribution in [0.1, 0.15) is 33.6 Å². The summed E-state index contributed by atoms with van der Waals surface area (Å²) in [7, 11) is 0. The maximum Gasteiger partial charge on any atom is 0.325 e. The van der Waals surface area contributed by atoms with Crippen molar-refractivity contribution >= 4 is 28.7 Å². The van der Waals surface area contributed by atoms with E-state index in [9.17, 15) is 4.79 Å². The predicted octanol–water partition coefficient (Wildman–Crippen LogP) is 5.36. The van der Waals surface area contributed by atoms with Crippen molar-refractivity contribution in [1.29, 1.82) is 0 Å². The monoisotopic (exact) mass is 391 g/mol. The van der Waals surface area contributed by atoms with E-state index >= 15 is 0 Å². The summed E-state index contributed by atoms with van der Waals surface area (Å²) in [6, 6.07) is 18.2. The highest BCUT2D eigenvalue weighted by molar-refractivity contribution is 5.98. The second-order valence-corrected chi connectivity index (χ2v) is 7.99. The molecule has 2 aromatic carbocycles. The summed E-state index contributed by atoms with van der Waals surface area (Å²) in [5.74, 6) is -0.239. The fourth-order valence-electron chi connectivity index (χ4n) is 3.43. The van der Waals surface area contributed by atoms with Gasteiger partial charge in [0.05, 0.1) is 12.3 Å². The molecule has 29 heavy (non-hydrogen) atoms. The van der Waals surface area contributed by atoms with Gasteiger partial charge in [-0.25, -0.2) is 0 Å². The molecule has 152 valence electrons. The lowest BCUT2D eigenvalue weighted by molar-refractivity contribution is -0.141. The molecule has 0 amide bonds. The third-order valence-electron chi connectivity index (χ3n) is 4.64. The number of nitrogens with one attached hydrogen (secondary N) is 2. The standard InChI is InChI=1S/C24H29N3O2/c1-4-29-23(28)17-25-21-14-22(16-24(2,3)15-21)27-20-12-10-19(11-13-20)26-18-8-6-5-7-9-18/h5-14,25-26H,4,15-17H2,1-3H3/b27-22-.